The lowest BCUT2D eigenvalue weighted by Gasteiger charge is -2.41. The molecule has 2 aliphatic heterocycles. The molecular formula is C23H27FN6O3. The Morgan fingerprint density at radius 2 is 2.03 bits per heavy atom. The van der Waals surface area contributed by atoms with E-state index in [1.807, 2.05) is 20.8 Å². The van der Waals surface area contributed by atoms with Crippen molar-refractivity contribution in [3.05, 3.63) is 41.8 Å². The van der Waals surface area contributed by atoms with Crippen LogP contribution in [0.5, 0.6) is 5.75 Å². The molecule has 2 aromatic rings. The van der Waals surface area contributed by atoms with Crippen LogP contribution in [-0.4, -0.2) is 58.8 Å². The maximum atomic E-state index is 14.4. The molecule has 0 spiro atoms. The number of ether oxygens (including phenoxy) is 2. The van der Waals surface area contributed by atoms with Gasteiger partial charge in [-0.15, -0.1) is 0 Å². The van der Waals surface area contributed by atoms with E-state index in [1.54, 1.807) is 4.90 Å². The van der Waals surface area contributed by atoms with Gasteiger partial charge in [-0.05, 0) is 45.7 Å². The zero-order valence-corrected chi connectivity index (χ0v) is 19.0. The van der Waals surface area contributed by atoms with Crippen LogP contribution in [0.25, 0.3) is 4.85 Å². The molecule has 2 aliphatic rings. The minimum atomic E-state index is -0.543. The topological polar surface area (TPSA) is 84.2 Å². The third-order valence-electron chi connectivity index (χ3n) is 5.53. The lowest BCUT2D eigenvalue weighted by molar-refractivity contribution is 0.0203. The van der Waals surface area contributed by atoms with Gasteiger partial charge in [-0.3, -0.25) is 0 Å². The summed E-state index contributed by atoms with van der Waals surface area (Å²) in [5.74, 6) is 0.933. The number of anilines is 3. The Morgan fingerprint density at radius 1 is 1.27 bits per heavy atom. The molecule has 1 amide bonds. The Morgan fingerprint density at radius 3 is 2.70 bits per heavy atom. The summed E-state index contributed by atoms with van der Waals surface area (Å²) in [4.78, 5) is 28.2. The standard InChI is InChI=1S/C23H27FN6O3/c1-23(2,3)33-22(31)29-9-7-16(8-10-29)30-11-12-32-19-20(26-14-27-21(19)30)28-18-6-5-15(25-4)13-17(18)24/h5-6,13-14,16H,7-12H2,1-3H3,(H,26,27,28). The predicted octanol–water partition coefficient (Wildman–Crippen LogP) is 4.51. The van der Waals surface area contributed by atoms with Crippen LogP contribution in [0.15, 0.2) is 24.5 Å². The molecule has 0 saturated carbocycles. The molecule has 0 bridgehead atoms. The predicted molar refractivity (Wildman–Crippen MR) is 122 cm³/mol. The van der Waals surface area contributed by atoms with E-state index >= 15 is 0 Å². The number of carbonyl (C=O) groups is 1. The van der Waals surface area contributed by atoms with Crippen LogP contribution in [0.2, 0.25) is 0 Å². The Bertz CT molecular complexity index is 1070. The number of hydrogen-bond donors (Lipinski definition) is 1. The summed E-state index contributed by atoms with van der Waals surface area (Å²) in [6.07, 6.45) is 2.68. The van der Waals surface area contributed by atoms with E-state index in [0.29, 0.717) is 43.6 Å². The van der Waals surface area contributed by atoms with Gasteiger partial charge >= 0.3 is 6.09 Å². The van der Waals surface area contributed by atoms with E-state index in [-0.39, 0.29) is 23.5 Å². The monoisotopic (exact) mass is 454 g/mol. The summed E-state index contributed by atoms with van der Waals surface area (Å²) in [6, 6.07) is 4.40. The number of likely N-dealkylation sites (tertiary alicyclic amines) is 1. The molecule has 1 fully saturated rings. The molecule has 0 atom stereocenters. The zero-order valence-electron chi connectivity index (χ0n) is 19.0. The van der Waals surface area contributed by atoms with Crippen molar-refractivity contribution in [2.24, 2.45) is 0 Å². The molecule has 0 unspecified atom stereocenters. The minimum absolute atomic E-state index is 0.184. The lowest BCUT2D eigenvalue weighted by atomic mass is 10.0. The van der Waals surface area contributed by atoms with Gasteiger partial charge < -0.3 is 24.6 Å². The second kappa shape index (κ2) is 9.10. The van der Waals surface area contributed by atoms with Gasteiger partial charge in [0.25, 0.3) is 0 Å². The van der Waals surface area contributed by atoms with E-state index in [2.05, 4.69) is 25.0 Å². The summed E-state index contributed by atoms with van der Waals surface area (Å²) in [5, 5.41) is 2.97. The number of fused-ring (bicyclic) bond motifs is 1. The summed E-state index contributed by atoms with van der Waals surface area (Å²) in [7, 11) is 0. The quantitative estimate of drug-likeness (QED) is 0.683. The van der Waals surface area contributed by atoms with Gasteiger partial charge in [-0.1, -0.05) is 6.07 Å². The smallest absolute Gasteiger partial charge is 0.410 e. The lowest BCUT2D eigenvalue weighted by Crippen LogP contribution is -2.50. The molecule has 1 aromatic carbocycles. The van der Waals surface area contributed by atoms with Gasteiger partial charge in [0.1, 0.15) is 24.4 Å². The van der Waals surface area contributed by atoms with Gasteiger partial charge in [0, 0.05) is 19.1 Å². The SMILES string of the molecule is [C-]#[N+]c1ccc(Nc2ncnc3c2OCCN3C2CCN(C(=O)OC(C)(C)C)CC2)c(F)c1. The minimum Gasteiger partial charge on any atom is -0.485 e. The summed E-state index contributed by atoms with van der Waals surface area (Å²) < 4.78 is 25.7. The van der Waals surface area contributed by atoms with E-state index in [4.69, 9.17) is 16.0 Å². The second-order valence-electron chi connectivity index (χ2n) is 9.02. The molecule has 9 nitrogen and oxygen atoms in total. The molecule has 174 valence electrons. The van der Waals surface area contributed by atoms with Crippen LogP contribution in [0.1, 0.15) is 33.6 Å². The van der Waals surface area contributed by atoms with Gasteiger partial charge in [0.05, 0.1) is 18.8 Å². The van der Waals surface area contributed by atoms with Crippen LogP contribution in [0.4, 0.5) is 32.2 Å². The van der Waals surface area contributed by atoms with Crippen molar-refractivity contribution >= 4 is 29.1 Å². The molecule has 3 heterocycles. The molecule has 4 rings (SSSR count). The third-order valence-corrected chi connectivity index (χ3v) is 5.53. The maximum Gasteiger partial charge on any atom is 0.410 e. The number of halogens is 1. The van der Waals surface area contributed by atoms with E-state index < -0.39 is 11.4 Å². The van der Waals surface area contributed by atoms with Crippen LogP contribution in [0.3, 0.4) is 0 Å². The van der Waals surface area contributed by atoms with Crippen LogP contribution in [0, 0.1) is 12.4 Å². The number of nitrogens with one attached hydrogen (secondary N) is 1. The third kappa shape index (κ3) is 5.08. The maximum absolute atomic E-state index is 14.4. The van der Waals surface area contributed by atoms with Crippen molar-refractivity contribution in [3.8, 4) is 5.75 Å². The molecular weight excluding hydrogens is 427 g/mol. The van der Waals surface area contributed by atoms with Crippen molar-refractivity contribution in [3.63, 3.8) is 0 Å². The Hall–Kier alpha value is -3.61. The summed E-state index contributed by atoms with van der Waals surface area (Å²) >= 11 is 0. The first-order valence-electron chi connectivity index (χ1n) is 10.9. The average molecular weight is 455 g/mol. The molecule has 0 aliphatic carbocycles. The van der Waals surface area contributed by atoms with Crippen molar-refractivity contribution < 1.29 is 18.7 Å². The number of amides is 1. The molecule has 1 N–H and O–H groups in total. The van der Waals surface area contributed by atoms with Crippen molar-refractivity contribution in [2.45, 2.75) is 45.3 Å². The Kier molecular flexibility index (Phi) is 6.22. The van der Waals surface area contributed by atoms with E-state index in [1.165, 1.54) is 24.5 Å². The van der Waals surface area contributed by atoms with E-state index in [9.17, 15) is 9.18 Å². The van der Waals surface area contributed by atoms with Gasteiger partial charge in [-0.2, -0.15) is 0 Å². The number of rotatable bonds is 3. The first-order chi connectivity index (χ1) is 15.7. The average Bonchev–Trinajstić information content (AvgIpc) is 2.79. The molecule has 10 heteroatoms. The zero-order chi connectivity index (χ0) is 23.6. The first-order valence-corrected chi connectivity index (χ1v) is 10.9. The highest BCUT2D eigenvalue weighted by Gasteiger charge is 2.33. The fourth-order valence-corrected chi connectivity index (χ4v) is 3.99. The fraction of sp³-hybridized carbons (Fsp3) is 0.478. The van der Waals surface area contributed by atoms with Gasteiger partial charge in [-0.25, -0.2) is 24.0 Å². The molecule has 1 aromatic heterocycles. The van der Waals surface area contributed by atoms with Gasteiger partial charge in [0.2, 0.25) is 5.75 Å². The van der Waals surface area contributed by atoms with E-state index in [0.717, 1.165) is 12.8 Å². The number of benzene rings is 1. The normalized spacial score (nSPS) is 16.5. The van der Waals surface area contributed by atoms with Gasteiger partial charge in [0.15, 0.2) is 17.3 Å². The number of aromatic nitrogens is 2. The van der Waals surface area contributed by atoms with Crippen molar-refractivity contribution in [2.75, 3.05) is 36.5 Å². The number of piperidine rings is 1. The highest BCUT2D eigenvalue weighted by molar-refractivity contribution is 5.72. The van der Waals surface area contributed by atoms with Crippen LogP contribution >= 0.6 is 0 Å². The van der Waals surface area contributed by atoms with Crippen molar-refractivity contribution in [1.29, 1.82) is 0 Å². The molecule has 33 heavy (non-hydrogen) atoms. The Balaban J connectivity index is 1.48. The molecule has 0 radical (unpaired) electrons. The molecule has 1 saturated heterocycles. The number of nitrogens with zero attached hydrogens (tertiary/aromatic N) is 5. The summed E-state index contributed by atoms with van der Waals surface area (Å²) in [5.41, 5.74) is -0.0923. The highest BCUT2D eigenvalue weighted by atomic mass is 19.1. The second-order valence-corrected chi connectivity index (χ2v) is 9.02. The van der Waals surface area contributed by atoms with Crippen molar-refractivity contribution in [1.82, 2.24) is 14.9 Å². The largest absolute Gasteiger partial charge is 0.485 e. The van der Waals surface area contributed by atoms with Crippen LogP contribution in [-0.2, 0) is 4.74 Å². The first kappa shape index (κ1) is 22.6. The van der Waals surface area contributed by atoms with Crippen LogP contribution < -0.4 is 15.0 Å². The summed E-state index contributed by atoms with van der Waals surface area (Å²) in [6.45, 7) is 14.9. The fourth-order valence-electron chi connectivity index (χ4n) is 3.99. The number of hydrogen-bond acceptors (Lipinski definition) is 7. The Labute approximate surface area is 192 Å². The highest BCUT2D eigenvalue weighted by Crippen LogP contribution is 2.39. The number of carbonyl (C=O) groups excluding carboxylic acids is 1.